The van der Waals surface area contributed by atoms with Crippen molar-refractivity contribution >= 4 is 57.0 Å². The maximum atomic E-state index is 12.7. The Morgan fingerprint density at radius 2 is 1.75 bits per heavy atom. The van der Waals surface area contributed by atoms with Gasteiger partial charge >= 0.3 is 0 Å². The summed E-state index contributed by atoms with van der Waals surface area (Å²) in [7, 11) is -2.15. The highest BCUT2D eigenvalue weighted by molar-refractivity contribution is 7.92. The minimum Gasteiger partial charge on any atom is -0.494 e. The molecule has 1 amide bonds. The lowest BCUT2D eigenvalue weighted by molar-refractivity contribution is -0.119. The Morgan fingerprint density at radius 1 is 1.25 bits per heavy atom. The largest absolute Gasteiger partial charge is 0.494 e. The molecular weight excluding hydrogens is 399 g/mol. The van der Waals surface area contributed by atoms with Crippen LogP contribution >= 0.6 is 35.6 Å². The summed E-state index contributed by atoms with van der Waals surface area (Å²) in [6.07, 6.45) is 1.52. The average Bonchev–Trinajstić information content (AvgIpc) is 2.46. The summed E-state index contributed by atoms with van der Waals surface area (Å²) in [5.41, 5.74) is 0.326. The SMILES string of the molecule is COc1c(Cl)cc(NC(=O)C2(S(C)(=O)=O)CCNCC2)cc1Cl.Cl. The molecule has 0 aliphatic carbocycles. The predicted octanol–water partition coefficient (Wildman–Crippen LogP) is 2.53. The lowest BCUT2D eigenvalue weighted by Crippen LogP contribution is -2.55. The number of amides is 1. The summed E-state index contributed by atoms with van der Waals surface area (Å²) in [6, 6.07) is 2.95. The second-order valence-electron chi connectivity index (χ2n) is 5.44. The predicted molar refractivity (Wildman–Crippen MR) is 98.6 cm³/mol. The van der Waals surface area contributed by atoms with Gasteiger partial charge in [-0.2, -0.15) is 0 Å². The van der Waals surface area contributed by atoms with E-state index in [1.54, 1.807) is 0 Å². The van der Waals surface area contributed by atoms with Crippen LogP contribution in [-0.2, 0) is 14.6 Å². The van der Waals surface area contributed by atoms with Crippen molar-refractivity contribution in [3.05, 3.63) is 22.2 Å². The van der Waals surface area contributed by atoms with Crippen LogP contribution in [0.4, 0.5) is 5.69 Å². The van der Waals surface area contributed by atoms with Crippen LogP contribution in [0.1, 0.15) is 12.8 Å². The Morgan fingerprint density at radius 3 is 2.17 bits per heavy atom. The molecule has 1 fully saturated rings. The molecule has 2 N–H and O–H groups in total. The summed E-state index contributed by atoms with van der Waals surface area (Å²) < 4.78 is 28.0. The fourth-order valence-corrected chi connectivity index (χ4v) is 4.64. The van der Waals surface area contributed by atoms with Gasteiger partial charge < -0.3 is 15.4 Å². The lowest BCUT2D eigenvalue weighted by atomic mass is 9.95. The summed E-state index contributed by atoms with van der Waals surface area (Å²) in [5.74, 6) is -0.273. The van der Waals surface area contributed by atoms with Gasteiger partial charge in [-0.15, -0.1) is 12.4 Å². The van der Waals surface area contributed by atoms with Crippen LogP contribution in [0, 0.1) is 0 Å². The zero-order chi connectivity index (χ0) is 17.3. The number of carbonyl (C=O) groups is 1. The van der Waals surface area contributed by atoms with E-state index < -0.39 is 20.5 Å². The highest BCUT2D eigenvalue weighted by Crippen LogP contribution is 2.36. The quantitative estimate of drug-likeness (QED) is 0.786. The first-order valence-electron chi connectivity index (χ1n) is 6.96. The van der Waals surface area contributed by atoms with Gasteiger partial charge in [0.15, 0.2) is 20.3 Å². The molecule has 1 saturated heterocycles. The van der Waals surface area contributed by atoms with Crippen LogP contribution < -0.4 is 15.4 Å². The van der Waals surface area contributed by atoms with Crippen LogP contribution in [0.3, 0.4) is 0 Å². The van der Waals surface area contributed by atoms with Crippen molar-refractivity contribution in [1.29, 1.82) is 0 Å². The van der Waals surface area contributed by atoms with Crippen molar-refractivity contribution in [1.82, 2.24) is 5.32 Å². The normalized spacial score (nSPS) is 16.8. The summed E-state index contributed by atoms with van der Waals surface area (Å²) in [6.45, 7) is 0.926. The number of sulfone groups is 1. The molecule has 0 unspecified atom stereocenters. The van der Waals surface area contributed by atoms with Gasteiger partial charge in [0.2, 0.25) is 5.91 Å². The third kappa shape index (κ3) is 4.08. The first-order valence-corrected chi connectivity index (χ1v) is 9.61. The average molecular weight is 418 g/mol. The number of nitrogens with one attached hydrogen (secondary N) is 2. The van der Waals surface area contributed by atoms with Gasteiger partial charge in [-0.25, -0.2) is 8.42 Å². The first kappa shape index (κ1) is 21.3. The number of rotatable bonds is 4. The second-order valence-corrected chi connectivity index (χ2v) is 8.58. The molecule has 1 aromatic carbocycles. The highest BCUT2D eigenvalue weighted by atomic mass is 35.5. The van der Waals surface area contributed by atoms with Gasteiger partial charge in [0.25, 0.3) is 0 Å². The molecular formula is C14H19Cl3N2O4S. The Bertz CT molecular complexity index is 696. The third-order valence-corrected chi connectivity index (χ3v) is 6.57. The molecule has 1 aliphatic heterocycles. The number of benzene rings is 1. The van der Waals surface area contributed by atoms with E-state index in [0.29, 0.717) is 24.5 Å². The fourth-order valence-electron chi connectivity index (χ4n) is 2.67. The molecule has 6 nitrogen and oxygen atoms in total. The number of hydrogen-bond donors (Lipinski definition) is 2. The fraction of sp³-hybridized carbons (Fsp3) is 0.500. The van der Waals surface area contributed by atoms with Crippen LogP contribution in [-0.4, -0.2) is 45.5 Å². The van der Waals surface area contributed by atoms with Crippen molar-refractivity contribution in [2.75, 3.05) is 31.8 Å². The summed E-state index contributed by atoms with van der Waals surface area (Å²) >= 11 is 12.1. The minimum atomic E-state index is -3.58. The van der Waals surface area contributed by atoms with Gasteiger partial charge in [0.05, 0.1) is 17.2 Å². The Hall–Kier alpha value is -0.730. The van der Waals surface area contributed by atoms with Gasteiger partial charge in [0, 0.05) is 11.9 Å². The third-order valence-electron chi connectivity index (χ3n) is 4.00. The zero-order valence-corrected chi connectivity index (χ0v) is 16.3. The Balaban J connectivity index is 0.00000288. The number of anilines is 1. The maximum Gasteiger partial charge on any atom is 0.245 e. The molecule has 2 rings (SSSR count). The minimum absolute atomic E-state index is 0. The van der Waals surface area contributed by atoms with Gasteiger partial charge in [0.1, 0.15) is 0 Å². The molecule has 0 radical (unpaired) electrons. The summed E-state index contributed by atoms with van der Waals surface area (Å²) in [4.78, 5) is 12.7. The van der Waals surface area contributed by atoms with E-state index in [0.717, 1.165) is 6.26 Å². The monoisotopic (exact) mass is 416 g/mol. The maximum absolute atomic E-state index is 12.7. The van der Waals surface area contributed by atoms with E-state index in [2.05, 4.69) is 10.6 Å². The smallest absolute Gasteiger partial charge is 0.245 e. The molecule has 1 aromatic rings. The van der Waals surface area contributed by atoms with Crippen LogP contribution in [0.25, 0.3) is 0 Å². The van der Waals surface area contributed by atoms with Crippen molar-refractivity contribution < 1.29 is 17.9 Å². The molecule has 0 bridgehead atoms. The summed E-state index contributed by atoms with van der Waals surface area (Å²) in [5, 5.41) is 6.14. The van der Waals surface area contributed by atoms with Crippen molar-refractivity contribution in [2.24, 2.45) is 0 Å². The zero-order valence-electron chi connectivity index (χ0n) is 13.2. The standard InChI is InChI=1S/C14H18Cl2N2O4S.ClH/c1-22-12-10(15)7-9(8-11(12)16)18-13(19)14(23(2,20)21)3-5-17-6-4-14;/h7-8,17H,3-6H2,1-2H3,(H,18,19);1H. The molecule has 1 heterocycles. The van der Waals surface area contributed by atoms with Gasteiger partial charge in [-0.1, -0.05) is 23.2 Å². The first-order chi connectivity index (χ1) is 10.7. The van der Waals surface area contributed by atoms with Crippen LogP contribution in [0.2, 0.25) is 10.0 Å². The Labute approximate surface area is 157 Å². The lowest BCUT2D eigenvalue weighted by Gasteiger charge is -2.34. The highest BCUT2D eigenvalue weighted by Gasteiger charge is 2.48. The van der Waals surface area contributed by atoms with E-state index in [4.69, 9.17) is 27.9 Å². The number of methoxy groups -OCH3 is 1. The number of piperidine rings is 1. The van der Waals surface area contributed by atoms with E-state index in [1.165, 1.54) is 19.2 Å². The van der Waals surface area contributed by atoms with Crippen molar-refractivity contribution in [3.63, 3.8) is 0 Å². The number of carbonyl (C=O) groups excluding carboxylic acids is 1. The molecule has 0 atom stereocenters. The van der Waals surface area contributed by atoms with E-state index >= 15 is 0 Å². The van der Waals surface area contributed by atoms with Crippen LogP contribution in [0.5, 0.6) is 5.75 Å². The molecule has 10 heteroatoms. The molecule has 0 aromatic heterocycles. The number of halogens is 3. The second kappa shape index (κ2) is 8.10. The molecule has 0 spiro atoms. The molecule has 0 saturated carbocycles. The van der Waals surface area contributed by atoms with Crippen molar-refractivity contribution in [2.45, 2.75) is 17.6 Å². The Kier molecular flexibility index (Phi) is 7.19. The van der Waals surface area contributed by atoms with E-state index in [9.17, 15) is 13.2 Å². The van der Waals surface area contributed by atoms with Gasteiger partial charge in [-0.05, 0) is 38.1 Å². The number of ether oxygens (including phenoxy) is 1. The molecule has 24 heavy (non-hydrogen) atoms. The van der Waals surface area contributed by atoms with Crippen molar-refractivity contribution in [3.8, 4) is 5.75 Å². The van der Waals surface area contributed by atoms with E-state index in [1.807, 2.05) is 0 Å². The topological polar surface area (TPSA) is 84.5 Å². The molecule has 1 aliphatic rings. The van der Waals surface area contributed by atoms with Gasteiger partial charge in [-0.3, -0.25) is 4.79 Å². The van der Waals surface area contributed by atoms with E-state index in [-0.39, 0.29) is 35.3 Å². The molecule has 136 valence electrons. The number of hydrogen-bond acceptors (Lipinski definition) is 5. The van der Waals surface area contributed by atoms with Crippen LogP contribution in [0.15, 0.2) is 12.1 Å².